The number of allylic oxidation sites excluding steroid dienone is 2. The molecule has 0 amide bonds. The molecule has 0 fully saturated rings. The largest absolute Gasteiger partial charge is 0.488 e. The van der Waals surface area contributed by atoms with Gasteiger partial charge in [-0.15, -0.1) is 5.10 Å². The van der Waals surface area contributed by atoms with Gasteiger partial charge in [0.1, 0.15) is 18.4 Å². The molecule has 1 aromatic heterocycles. The fraction of sp³-hybridized carbons (Fsp3) is 0.179. The molecule has 10 heteroatoms. The normalized spacial score (nSPS) is 14.7. The van der Waals surface area contributed by atoms with Crippen LogP contribution in [0.1, 0.15) is 36.6 Å². The number of ketones is 1. The third-order valence-corrected chi connectivity index (χ3v) is 8.25. The van der Waals surface area contributed by atoms with Gasteiger partial charge >= 0.3 is 0 Å². The number of benzene rings is 3. The minimum atomic E-state index is -0.537. The third-order valence-electron chi connectivity index (χ3n) is 6.13. The number of rotatable bonds is 8. The summed E-state index contributed by atoms with van der Waals surface area (Å²) in [5, 5.41) is 9.97. The molecule has 3 aromatic carbocycles. The van der Waals surface area contributed by atoms with Crippen LogP contribution in [-0.2, 0) is 17.2 Å². The standard InChI is InChI=1S/C28H23BrCl2N4O2S/c1-16-25(17(2)36)26(21-13-20(29)11-12-24(21)37-14-18-7-3-5-9-22(18)30)35-27(32-16)33-28(34-35)38-15-19-8-4-6-10-23(19)31/h3-13,26H,14-15H2,1-2H3,(H,32,33,34). The smallest absolute Gasteiger partial charge is 0.227 e. The van der Waals surface area contributed by atoms with E-state index < -0.39 is 6.04 Å². The highest BCUT2D eigenvalue weighted by Crippen LogP contribution is 2.41. The second-order valence-electron chi connectivity index (χ2n) is 8.73. The van der Waals surface area contributed by atoms with Crippen molar-refractivity contribution in [3.05, 3.63) is 109 Å². The minimum Gasteiger partial charge on any atom is -0.488 e. The summed E-state index contributed by atoms with van der Waals surface area (Å²) >= 11 is 17.8. The van der Waals surface area contributed by atoms with Crippen LogP contribution in [0.3, 0.4) is 0 Å². The van der Waals surface area contributed by atoms with Gasteiger partial charge in [-0.2, -0.15) is 4.98 Å². The molecule has 6 nitrogen and oxygen atoms in total. The maximum absolute atomic E-state index is 12.9. The van der Waals surface area contributed by atoms with Crippen molar-refractivity contribution in [3.8, 4) is 5.75 Å². The van der Waals surface area contributed by atoms with E-state index in [-0.39, 0.29) is 12.4 Å². The van der Waals surface area contributed by atoms with Gasteiger partial charge < -0.3 is 10.1 Å². The second-order valence-corrected chi connectivity index (χ2v) is 11.4. The van der Waals surface area contributed by atoms with Crippen molar-refractivity contribution in [1.29, 1.82) is 0 Å². The number of Topliss-reactive ketones (excluding diaryl/α,β-unsaturated/α-hetero) is 1. The van der Waals surface area contributed by atoms with Crippen LogP contribution >= 0.6 is 50.9 Å². The van der Waals surface area contributed by atoms with Crippen LogP contribution in [-0.4, -0.2) is 20.5 Å². The van der Waals surface area contributed by atoms with Gasteiger partial charge in [0.05, 0.1) is 0 Å². The number of carbonyl (C=O) groups is 1. The minimum absolute atomic E-state index is 0.0663. The lowest BCUT2D eigenvalue weighted by Crippen LogP contribution is -2.28. The van der Waals surface area contributed by atoms with E-state index in [9.17, 15) is 4.79 Å². The van der Waals surface area contributed by atoms with E-state index in [0.717, 1.165) is 26.9 Å². The number of nitrogens with zero attached hydrogens (tertiary/aromatic N) is 3. The average Bonchev–Trinajstić information content (AvgIpc) is 3.29. The quantitative estimate of drug-likeness (QED) is 0.199. The number of carbonyl (C=O) groups excluding carboxylic acids is 1. The molecule has 0 saturated carbocycles. The van der Waals surface area contributed by atoms with Crippen LogP contribution in [0.15, 0.2) is 87.6 Å². The van der Waals surface area contributed by atoms with E-state index >= 15 is 0 Å². The Bertz CT molecular complexity index is 1560. The summed E-state index contributed by atoms with van der Waals surface area (Å²) in [5.74, 6) is 1.72. The van der Waals surface area contributed by atoms with Crippen molar-refractivity contribution in [2.75, 3.05) is 5.32 Å². The molecule has 1 unspecified atom stereocenters. The lowest BCUT2D eigenvalue weighted by atomic mass is 9.92. The second kappa shape index (κ2) is 11.5. The molecule has 5 rings (SSSR count). The number of aromatic nitrogens is 3. The molecule has 1 aliphatic heterocycles. The molecule has 0 radical (unpaired) electrons. The Morgan fingerprint density at radius 3 is 2.45 bits per heavy atom. The van der Waals surface area contributed by atoms with Crippen LogP contribution in [0.2, 0.25) is 10.0 Å². The first-order valence-corrected chi connectivity index (χ1v) is 14.3. The fourth-order valence-corrected chi connectivity index (χ4v) is 6.01. The molecule has 1 atom stereocenters. The lowest BCUT2D eigenvalue weighted by molar-refractivity contribution is -0.114. The summed E-state index contributed by atoms with van der Waals surface area (Å²) in [7, 11) is 0. The van der Waals surface area contributed by atoms with Crippen molar-refractivity contribution < 1.29 is 9.53 Å². The number of fused-ring (bicyclic) bond motifs is 1. The van der Waals surface area contributed by atoms with Crippen molar-refractivity contribution in [1.82, 2.24) is 14.8 Å². The highest BCUT2D eigenvalue weighted by atomic mass is 79.9. The van der Waals surface area contributed by atoms with Crippen LogP contribution in [0.4, 0.5) is 5.95 Å². The Kier molecular flexibility index (Phi) is 8.14. The molecular weight excluding hydrogens is 607 g/mol. The first kappa shape index (κ1) is 26.8. The summed E-state index contributed by atoms with van der Waals surface area (Å²) in [6.07, 6.45) is 0. The molecule has 1 aliphatic rings. The zero-order valence-electron chi connectivity index (χ0n) is 20.5. The van der Waals surface area contributed by atoms with Gasteiger partial charge in [-0.1, -0.05) is 87.3 Å². The zero-order valence-corrected chi connectivity index (χ0v) is 24.5. The Hall–Kier alpha value is -2.78. The number of hydrogen-bond acceptors (Lipinski definition) is 6. The molecule has 0 saturated heterocycles. The lowest BCUT2D eigenvalue weighted by Gasteiger charge is -2.29. The van der Waals surface area contributed by atoms with E-state index in [1.165, 1.54) is 11.8 Å². The summed E-state index contributed by atoms with van der Waals surface area (Å²) in [4.78, 5) is 17.6. The highest BCUT2D eigenvalue weighted by Gasteiger charge is 2.34. The predicted octanol–water partition coefficient (Wildman–Crippen LogP) is 8.10. The van der Waals surface area contributed by atoms with Crippen LogP contribution in [0.25, 0.3) is 0 Å². The van der Waals surface area contributed by atoms with Crippen molar-refractivity contribution in [3.63, 3.8) is 0 Å². The molecule has 38 heavy (non-hydrogen) atoms. The number of anilines is 1. The van der Waals surface area contributed by atoms with Gasteiger partial charge in [0, 0.05) is 42.7 Å². The molecular formula is C28H23BrCl2N4O2S. The summed E-state index contributed by atoms with van der Waals surface area (Å²) < 4.78 is 8.88. The first-order valence-electron chi connectivity index (χ1n) is 11.8. The number of halogens is 3. The predicted molar refractivity (Wildman–Crippen MR) is 156 cm³/mol. The van der Waals surface area contributed by atoms with E-state index in [2.05, 4.69) is 21.2 Å². The number of hydrogen-bond donors (Lipinski definition) is 1. The molecule has 4 aromatic rings. The Balaban J connectivity index is 1.52. The Morgan fingerprint density at radius 1 is 1.08 bits per heavy atom. The zero-order chi connectivity index (χ0) is 26.8. The Morgan fingerprint density at radius 2 is 1.76 bits per heavy atom. The SMILES string of the molecule is CC(=O)C1=C(C)Nc2nc(SCc3ccccc3Cl)nn2C1c1cc(Br)ccc1OCc1ccccc1Cl. The Labute approximate surface area is 243 Å². The van der Waals surface area contributed by atoms with Gasteiger partial charge in [0.15, 0.2) is 5.78 Å². The van der Waals surface area contributed by atoms with E-state index in [1.54, 1.807) is 11.6 Å². The molecule has 0 spiro atoms. The maximum Gasteiger partial charge on any atom is 0.227 e. The molecule has 2 heterocycles. The van der Waals surface area contributed by atoms with Gasteiger partial charge in [0.2, 0.25) is 11.1 Å². The average molecular weight is 630 g/mol. The van der Waals surface area contributed by atoms with Gasteiger partial charge in [-0.3, -0.25) is 4.79 Å². The summed E-state index contributed by atoms with van der Waals surface area (Å²) in [6.45, 7) is 3.71. The van der Waals surface area contributed by atoms with Gasteiger partial charge in [0.25, 0.3) is 0 Å². The highest BCUT2D eigenvalue weighted by molar-refractivity contribution is 9.10. The number of thioether (sulfide) groups is 1. The third kappa shape index (κ3) is 5.64. The fourth-order valence-electron chi connectivity index (χ4n) is 4.33. The van der Waals surface area contributed by atoms with Crippen molar-refractivity contribution in [2.24, 2.45) is 0 Å². The van der Waals surface area contributed by atoms with Gasteiger partial charge in [-0.25, -0.2) is 4.68 Å². The molecule has 1 N–H and O–H groups in total. The van der Waals surface area contributed by atoms with Crippen molar-refractivity contribution in [2.45, 2.75) is 37.4 Å². The number of nitrogens with one attached hydrogen (secondary N) is 1. The maximum atomic E-state index is 12.9. The van der Waals surface area contributed by atoms with Gasteiger partial charge in [-0.05, 0) is 49.7 Å². The first-order chi connectivity index (χ1) is 18.3. The summed E-state index contributed by atoms with van der Waals surface area (Å²) in [5.41, 5.74) is 3.96. The monoisotopic (exact) mass is 628 g/mol. The molecule has 0 aliphatic carbocycles. The van der Waals surface area contributed by atoms with E-state index in [1.807, 2.05) is 73.7 Å². The van der Waals surface area contributed by atoms with E-state index in [0.29, 0.717) is 38.2 Å². The summed E-state index contributed by atoms with van der Waals surface area (Å²) in [6, 6.07) is 20.5. The number of ether oxygens (including phenoxy) is 1. The molecule has 0 bridgehead atoms. The molecule has 194 valence electrons. The van der Waals surface area contributed by atoms with Crippen molar-refractivity contribution >= 4 is 62.6 Å². The van der Waals surface area contributed by atoms with Crippen LogP contribution in [0.5, 0.6) is 5.75 Å². The van der Waals surface area contributed by atoms with Crippen LogP contribution < -0.4 is 10.1 Å². The topological polar surface area (TPSA) is 69.0 Å². The van der Waals surface area contributed by atoms with E-state index in [4.69, 9.17) is 38.0 Å². The van der Waals surface area contributed by atoms with Crippen LogP contribution in [0, 0.1) is 0 Å².